The molecule has 0 spiro atoms. The van der Waals surface area contributed by atoms with Gasteiger partial charge in [-0.1, -0.05) is 5.16 Å². The lowest BCUT2D eigenvalue weighted by Gasteiger charge is -2.12. The number of methoxy groups -OCH3 is 2. The van der Waals surface area contributed by atoms with Crippen LogP contribution in [-0.4, -0.2) is 19.4 Å². The van der Waals surface area contributed by atoms with Gasteiger partial charge in [0.25, 0.3) is 0 Å². The summed E-state index contributed by atoms with van der Waals surface area (Å²) >= 11 is 0. The summed E-state index contributed by atoms with van der Waals surface area (Å²) in [7, 11) is 2.95. The standard InChI is InChI=1S/C12H13FN2O3/c1-16-10-4-7(9-6-15-18-12(9)14)3-8(5-13)11(10)17-2/h3-4,6H,5,14H2,1-2H3. The molecule has 0 aliphatic rings. The van der Waals surface area contributed by atoms with E-state index >= 15 is 0 Å². The molecule has 0 fully saturated rings. The first-order valence-corrected chi connectivity index (χ1v) is 5.22. The van der Waals surface area contributed by atoms with E-state index in [2.05, 4.69) is 5.16 Å². The number of hydrogen-bond donors (Lipinski definition) is 1. The molecular weight excluding hydrogens is 239 g/mol. The Hall–Kier alpha value is -2.24. The number of anilines is 1. The normalized spacial score (nSPS) is 10.4. The van der Waals surface area contributed by atoms with Gasteiger partial charge in [0, 0.05) is 5.56 Å². The van der Waals surface area contributed by atoms with Crippen molar-refractivity contribution in [3.05, 3.63) is 23.9 Å². The smallest absolute Gasteiger partial charge is 0.229 e. The zero-order valence-corrected chi connectivity index (χ0v) is 10.1. The number of nitrogen functional groups attached to an aromatic ring is 1. The number of halogens is 1. The van der Waals surface area contributed by atoms with Gasteiger partial charge >= 0.3 is 0 Å². The zero-order chi connectivity index (χ0) is 13.1. The van der Waals surface area contributed by atoms with E-state index in [1.807, 2.05) is 0 Å². The lowest BCUT2D eigenvalue weighted by atomic mass is 10.0. The first kappa shape index (κ1) is 12.2. The fourth-order valence-electron chi connectivity index (χ4n) is 1.76. The Morgan fingerprint density at radius 3 is 2.61 bits per heavy atom. The second-order valence-corrected chi connectivity index (χ2v) is 3.61. The molecule has 18 heavy (non-hydrogen) atoms. The van der Waals surface area contributed by atoms with Crippen molar-refractivity contribution in [3.8, 4) is 22.6 Å². The van der Waals surface area contributed by atoms with Crippen molar-refractivity contribution in [1.82, 2.24) is 5.16 Å². The van der Waals surface area contributed by atoms with Crippen LogP contribution in [0.25, 0.3) is 11.1 Å². The van der Waals surface area contributed by atoms with Crippen LogP contribution in [0.4, 0.5) is 10.3 Å². The molecule has 1 aromatic heterocycles. The number of aromatic nitrogens is 1. The summed E-state index contributed by atoms with van der Waals surface area (Å²) in [5.74, 6) is 0.981. The molecular formula is C12H13FN2O3. The maximum Gasteiger partial charge on any atom is 0.229 e. The zero-order valence-electron chi connectivity index (χ0n) is 10.1. The third-order valence-corrected chi connectivity index (χ3v) is 2.61. The molecule has 0 saturated carbocycles. The first-order chi connectivity index (χ1) is 8.71. The molecule has 5 nitrogen and oxygen atoms in total. The molecule has 1 aromatic carbocycles. The number of nitrogens with two attached hydrogens (primary N) is 1. The van der Waals surface area contributed by atoms with Crippen molar-refractivity contribution in [2.75, 3.05) is 20.0 Å². The van der Waals surface area contributed by atoms with Crippen molar-refractivity contribution in [2.45, 2.75) is 6.67 Å². The van der Waals surface area contributed by atoms with Gasteiger partial charge < -0.3 is 19.7 Å². The van der Waals surface area contributed by atoms with E-state index < -0.39 is 6.67 Å². The quantitative estimate of drug-likeness (QED) is 0.904. The van der Waals surface area contributed by atoms with Crippen LogP contribution in [0.1, 0.15) is 5.56 Å². The lowest BCUT2D eigenvalue weighted by Crippen LogP contribution is -1.96. The Kier molecular flexibility index (Phi) is 3.36. The van der Waals surface area contributed by atoms with Crippen LogP contribution in [0, 0.1) is 0 Å². The molecule has 0 amide bonds. The van der Waals surface area contributed by atoms with Crippen LogP contribution in [0.5, 0.6) is 11.5 Å². The van der Waals surface area contributed by atoms with Gasteiger partial charge in [0.2, 0.25) is 5.88 Å². The largest absolute Gasteiger partial charge is 0.493 e. The van der Waals surface area contributed by atoms with Gasteiger partial charge in [-0.25, -0.2) is 4.39 Å². The fourth-order valence-corrected chi connectivity index (χ4v) is 1.76. The van der Waals surface area contributed by atoms with Crippen LogP contribution in [0.3, 0.4) is 0 Å². The monoisotopic (exact) mass is 252 g/mol. The van der Waals surface area contributed by atoms with Gasteiger partial charge in [-0.2, -0.15) is 0 Å². The van der Waals surface area contributed by atoms with Crippen LogP contribution < -0.4 is 15.2 Å². The van der Waals surface area contributed by atoms with Crippen molar-refractivity contribution in [1.29, 1.82) is 0 Å². The summed E-state index contributed by atoms with van der Waals surface area (Å²) in [6.45, 7) is -0.668. The second-order valence-electron chi connectivity index (χ2n) is 3.61. The fraction of sp³-hybridized carbons (Fsp3) is 0.250. The Morgan fingerprint density at radius 1 is 1.33 bits per heavy atom. The summed E-state index contributed by atoms with van der Waals surface area (Å²) in [6, 6.07) is 3.32. The second kappa shape index (κ2) is 4.95. The Bertz CT molecular complexity index is 529. The molecule has 2 rings (SSSR count). The van der Waals surface area contributed by atoms with Gasteiger partial charge in [-0.05, 0) is 17.7 Å². The number of nitrogens with zero attached hydrogens (tertiary/aromatic N) is 1. The summed E-state index contributed by atoms with van der Waals surface area (Å²) in [6.07, 6.45) is 1.47. The molecule has 0 aliphatic carbocycles. The highest BCUT2D eigenvalue weighted by Crippen LogP contribution is 2.38. The number of rotatable bonds is 4. The predicted octanol–water partition coefficient (Wildman–Crippen LogP) is 2.41. The molecule has 0 atom stereocenters. The molecule has 0 radical (unpaired) electrons. The molecule has 6 heteroatoms. The highest BCUT2D eigenvalue weighted by atomic mass is 19.1. The molecule has 1 heterocycles. The molecule has 0 bridgehead atoms. The van der Waals surface area contributed by atoms with Gasteiger partial charge in [-0.15, -0.1) is 0 Å². The van der Waals surface area contributed by atoms with Gasteiger partial charge in [0.05, 0.1) is 26.0 Å². The molecule has 0 aliphatic heterocycles. The van der Waals surface area contributed by atoms with E-state index in [1.165, 1.54) is 20.4 Å². The summed E-state index contributed by atoms with van der Waals surface area (Å²) in [4.78, 5) is 0. The van der Waals surface area contributed by atoms with Gasteiger partial charge in [0.1, 0.15) is 6.67 Å². The molecule has 2 N–H and O–H groups in total. The van der Waals surface area contributed by atoms with E-state index in [-0.39, 0.29) is 5.88 Å². The predicted molar refractivity (Wildman–Crippen MR) is 64.3 cm³/mol. The van der Waals surface area contributed by atoms with Crippen LogP contribution in [0.15, 0.2) is 22.9 Å². The molecule has 2 aromatic rings. The molecule has 0 unspecified atom stereocenters. The number of ether oxygens (including phenoxy) is 2. The van der Waals surface area contributed by atoms with Crippen molar-refractivity contribution in [2.24, 2.45) is 0 Å². The Balaban J connectivity index is 2.60. The number of benzene rings is 1. The van der Waals surface area contributed by atoms with E-state index in [0.717, 1.165) is 0 Å². The third kappa shape index (κ3) is 1.97. The van der Waals surface area contributed by atoms with Crippen molar-refractivity contribution >= 4 is 5.88 Å². The first-order valence-electron chi connectivity index (χ1n) is 5.22. The summed E-state index contributed by atoms with van der Waals surface area (Å²) < 4.78 is 28.1. The molecule has 0 saturated heterocycles. The molecule has 96 valence electrons. The Labute approximate surface area is 103 Å². The van der Waals surface area contributed by atoms with Crippen molar-refractivity contribution in [3.63, 3.8) is 0 Å². The summed E-state index contributed by atoms with van der Waals surface area (Å²) in [5, 5.41) is 3.59. The highest BCUT2D eigenvalue weighted by Gasteiger charge is 2.16. The highest BCUT2D eigenvalue weighted by molar-refractivity contribution is 5.75. The minimum Gasteiger partial charge on any atom is -0.493 e. The van der Waals surface area contributed by atoms with Crippen LogP contribution in [-0.2, 0) is 6.67 Å². The van der Waals surface area contributed by atoms with Crippen LogP contribution in [0.2, 0.25) is 0 Å². The minimum absolute atomic E-state index is 0.173. The van der Waals surface area contributed by atoms with Crippen molar-refractivity contribution < 1.29 is 18.4 Å². The number of hydrogen-bond acceptors (Lipinski definition) is 5. The lowest BCUT2D eigenvalue weighted by molar-refractivity contribution is 0.345. The maximum absolute atomic E-state index is 13.0. The van der Waals surface area contributed by atoms with Crippen LogP contribution >= 0.6 is 0 Å². The van der Waals surface area contributed by atoms with Gasteiger partial charge in [-0.3, -0.25) is 0 Å². The third-order valence-electron chi connectivity index (χ3n) is 2.61. The average Bonchev–Trinajstić information content (AvgIpc) is 2.83. The van der Waals surface area contributed by atoms with Gasteiger partial charge in [0.15, 0.2) is 11.5 Å². The maximum atomic E-state index is 13.0. The van der Waals surface area contributed by atoms with E-state index in [1.54, 1.807) is 12.1 Å². The van der Waals surface area contributed by atoms with E-state index in [4.69, 9.17) is 19.7 Å². The SMILES string of the molecule is COc1cc(-c2cnoc2N)cc(CF)c1OC. The van der Waals surface area contributed by atoms with E-state index in [9.17, 15) is 4.39 Å². The topological polar surface area (TPSA) is 70.5 Å². The number of alkyl halides is 1. The average molecular weight is 252 g/mol. The Morgan fingerprint density at radius 2 is 2.11 bits per heavy atom. The summed E-state index contributed by atoms with van der Waals surface area (Å²) in [5.41, 5.74) is 7.27. The minimum atomic E-state index is -0.668. The van der Waals surface area contributed by atoms with E-state index in [0.29, 0.717) is 28.2 Å².